The molecule has 0 spiro atoms. The Morgan fingerprint density at radius 3 is 2.38 bits per heavy atom. The molecule has 0 fully saturated rings. The van der Waals surface area contributed by atoms with E-state index in [0.717, 1.165) is 6.33 Å². The van der Waals surface area contributed by atoms with Crippen LogP contribution >= 0.6 is 31.9 Å². The Morgan fingerprint density at radius 1 is 1.00 bits per heavy atom. The molecule has 1 aromatic carbocycles. The summed E-state index contributed by atoms with van der Waals surface area (Å²) >= 11 is 6.27. The van der Waals surface area contributed by atoms with Crippen LogP contribution in [0, 0.1) is 0 Å². The Hall–Kier alpha value is -2.35. The molecule has 3 rings (SSSR count). The van der Waals surface area contributed by atoms with Crippen molar-refractivity contribution in [2.45, 2.75) is 13.3 Å². The van der Waals surface area contributed by atoms with Crippen molar-refractivity contribution in [1.82, 2.24) is 24.7 Å². The lowest BCUT2D eigenvalue weighted by molar-refractivity contribution is 0.202. The lowest BCUT2D eigenvalue weighted by Gasteiger charge is -2.15. The summed E-state index contributed by atoms with van der Waals surface area (Å²) in [6.07, 6.45) is 4.60. The highest BCUT2D eigenvalue weighted by Gasteiger charge is 2.19. The zero-order valence-corrected chi connectivity index (χ0v) is 20.6. The van der Waals surface area contributed by atoms with Gasteiger partial charge in [0.05, 0.1) is 15.5 Å². The molecule has 3 aromatic rings. The van der Waals surface area contributed by atoms with Gasteiger partial charge in [-0.25, -0.2) is 19.9 Å². The van der Waals surface area contributed by atoms with Crippen molar-refractivity contribution in [3.63, 3.8) is 0 Å². The van der Waals surface area contributed by atoms with Crippen LogP contribution in [0.4, 0.5) is 5.82 Å². The van der Waals surface area contributed by atoms with Gasteiger partial charge in [0, 0.05) is 23.4 Å². The predicted octanol–water partition coefficient (Wildman–Crippen LogP) is 3.57. The fourth-order valence-electron chi connectivity index (χ4n) is 2.25. The second kappa shape index (κ2) is 11.5. The summed E-state index contributed by atoms with van der Waals surface area (Å²) < 4.78 is 74.5. The first-order chi connectivity index (χ1) is 17.1. The monoisotopic (exact) mass is 590 g/mol. The zero-order chi connectivity index (χ0) is 26.5. The molecular formula is C19H20Br2N6O4S. The number of hydrogen-bond acceptors (Lipinski definition) is 8. The minimum Gasteiger partial charge on any atom is -0.473 e. The summed E-state index contributed by atoms with van der Waals surface area (Å²) in [4.78, 5) is 16.0. The Morgan fingerprint density at radius 2 is 1.69 bits per heavy atom. The van der Waals surface area contributed by atoms with Gasteiger partial charge in [0.1, 0.15) is 19.5 Å². The number of hydrogen-bond donors (Lipinski definition) is 2. The molecule has 0 aliphatic rings. The number of nitrogens with one attached hydrogen (secondary N) is 2. The molecule has 0 radical (unpaired) electrons. The van der Waals surface area contributed by atoms with E-state index in [-0.39, 0.29) is 65.2 Å². The summed E-state index contributed by atoms with van der Waals surface area (Å²) in [5.41, 5.74) is -0.405. The van der Waals surface area contributed by atoms with E-state index in [1.807, 2.05) is 0 Å². The van der Waals surface area contributed by atoms with Gasteiger partial charge in [-0.2, -0.15) is 13.1 Å². The molecule has 2 heterocycles. The maximum atomic E-state index is 12.5. The molecule has 0 saturated heterocycles. The molecule has 10 nitrogen and oxygen atoms in total. The number of benzene rings is 1. The highest BCUT2D eigenvalue weighted by Crippen LogP contribution is 2.34. The smallest absolute Gasteiger partial charge is 0.316 e. The third-order valence-corrected chi connectivity index (χ3v) is 5.43. The average molecular weight is 592 g/mol. The van der Waals surface area contributed by atoms with E-state index in [0.29, 0.717) is 10.9 Å². The Balaban J connectivity index is 2.01. The largest absolute Gasteiger partial charge is 0.473 e. The average Bonchev–Trinajstić information content (AvgIpc) is 2.85. The molecule has 170 valence electrons. The SMILES string of the molecule is [2H]c1c([2H])c(-c2c(NS(=O)(=O)NCCC)ncnc2OCCOc2ncc(Br)cn2)c([2H])c([2H])c1Br. The van der Waals surface area contributed by atoms with Gasteiger partial charge in [-0.3, -0.25) is 4.72 Å². The maximum absolute atomic E-state index is 12.5. The summed E-state index contributed by atoms with van der Waals surface area (Å²) in [5, 5.41) is 0. The lowest BCUT2D eigenvalue weighted by Crippen LogP contribution is -2.31. The molecule has 0 atom stereocenters. The minimum absolute atomic E-state index is 0.0145. The number of nitrogens with zero attached hydrogens (tertiary/aromatic N) is 4. The Bertz CT molecular complexity index is 1320. The van der Waals surface area contributed by atoms with Crippen LogP contribution in [-0.2, 0) is 10.2 Å². The maximum Gasteiger partial charge on any atom is 0.316 e. The van der Waals surface area contributed by atoms with Crippen LogP contribution in [0.25, 0.3) is 11.1 Å². The quantitative estimate of drug-likeness (QED) is 0.324. The number of halogens is 2. The van der Waals surface area contributed by atoms with Crippen LogP contribution < -0.4 is 18.9 Å². The molecule has 0 unspecified atom stereocenters. The summed E-state index contributed by atoms with van der Waals surface area (Å²) in [6.45, 7) is 1.84. The molecule has 2 aromatic heterocycles. The zero-order valence-electron chi connectivity index (χ0n) is 20.6. The molecule has 13 heteroatoms. The van der Waals surface area contributed by atoms with Crippen LogP contribution in [0.3, 0.4) is 0 Å². The summed E-state index contributed by atoms with van der Waals surface area (Å²) in [5.74, 6) is -0.467. The normalized spacial score (nSPS) is 13.0. The standard InChI is InChI=1S/C19H20Br2N6O4S/c1-2-7-26-32(28,29)27-17-16(13-3-5-14(20)6-4-13)18(25-12-24-17)30-8-9-31-19-22-10-15(21)11-23-19/h3-6,10-12,26H,2,7-9H2,1H3,(H,24,25,27)/i3D,4D,5D,6D. The summed E-state index contributed by atoms with van der Waals surface area (Å²) in [7, 11) is -4.08. The van der Waals surface area contributed by atoms with Gasteiger partial charge in [-0.1, -0.05) is 34.9 Å². The van der Waals surface area contributed by atoms with Crippen molar-refractivity contribution in [2.24, 2.45) is 0 Å². The van der Waals surface area contributed by atoms with E-state index in [2.05, 4.69) is 61.2 Å². The van der Waals surface area contributed by atoms with Crippen molar-refractivity contribution >= 4 is 47.9 Å². The molecule has 0 saturated carbocycles. The fraction of sp³-hybridized carbons (Fsp3) is 0.263. The van der Waals surface area contributed by atoms with E-state index in [4.69, 9.17) is 15.0 Å². The first kappa shape index (κ1) is 19.1. The lowest BCUT2D eigenvalue weighted by atomic mass is 10.1. The number of aromatic nitrogens is 4. The molecular weight excluding hydrogens is 568 g/mol. The van der Waals surface area contributed by atoms with E-state index >= 15 is 0 Å². The van der Waals surface area contributed by atoms with Crippen LogP contribution in [0.5, 0.6) is 11.9 Å². The second-order valence-corrected chi connectivity index (χ2v) is 9.18. The molecule has 32 heavy (non-hydrogen) atoms. The number of ether oxygens (including phenoxy) is 2. The van der Waals surface area contributed by atoms with Gasteiger partial charge < -0.3 is 9.47 Å². The Kier molecular flexibility index (Phi) is 6.88. The topological polar surface area (TPSA) is 128 Å². The fourth-order valence-corrected chi connectivity index (χ4v) is 3.61. The second-order valence-electron chi connectivity index (χ2n) is 5.97. The summed E-state index contributed by atoms with van der Waals surface area (Å²) in [6, 6.07) is -1.51. The van der Waals surface area contributed by atoms with Gasteiger partial charge in [-0.05, 0) is 40.0 Å². The first-order valence-electron chi connectivity index (χ1n) is 11.2. The number of rotatable bonds is 11. The molecule has 2 N–H and O–H groups in total. The van der Waals surface area contributed by atoms with Crippen LogP contribution in [0.1, 0.15) is 18.8 Å². The molecule has 0 aliphatic carbocycles. The molecule has 0 aliphatic heterocycles. The minimum atomic E-state index is -4.08. The van der Waals surface area contributed by atoms with Crippen molar-refractivity contribution < 1.29 is 23.4 Å². The van der Waals surface area contributed by atoms with Crippen LogP contribution in [-0.4, -0.2) is 48.1 Å². The van der Waals surface area contributed by atoms with E-state index in [9.17, 15) is 8.42 Å². The van der Waals surface area contributed by atoms with Crippen LogP contribution in [0.2, 0.25) is 0 Å². The van der Waals surface area contributed by atoms with E-state index in [1.54, 1.807) is 6.92 Å². The van der Waals surface area contributed by atoms with Crippen molar-refractivity contribution in [2.75, 3.05) is 24.5 Å². The van der Waals surface area contributed by atoms with Crippen molar-refractivity contribution in [3.8, 4) is 23.0 Å². The van der Waals surface area contributed by atoms with E-state index in [1.165, 1.54) is 12.4 Å². The van der Waals surface area contributed by atoms with Crippen molar-refractivity contribution in [1.29, 1.82) is 0 Å². The van der Waals surface area contributed by atoms with Gasteiger partial charge in [0.15, 0.2) is 5.82 Å². The van der Waals surface area contributed by atoms with Crippen LogP contribution in [0.15, 0.2) is 51.8 Å². The highest BCUT2D eigenvalue weighted by molar-refractivity contribution is 9.10. The molecule has 0 bridgehead atoms. The van der Waals surface area contributed by atoms with Gasteiger partial charge in [0.2, 0.25) is 5.88 Å². The van der Waals surface area contributed by atoms with E-state index < -0.39 is 22.3 Å². The van der Waals surface area contributed by atoms with Gasteiger partial charge in [-0.15, -0.1) is 0 Å². The van der Waals surface area contributed by atoms with Gasteiger partial charge >= 0.3 is 6.01 Å². The highest BCUT2D eigenvalue weighted by atomic mass is 79.9. The predicted molar refractivity (Wildman–Crippen MR) is 127 cm³/mol. The van der Waals surface area contributed by atoms with Crippen molar-refractivity contribution in [3.05, 3.63) is 51.8 Å². The third kappa shape index (κ3) is 7.08. The molecule has 0 amide bonds. The number of anilines is 1. The Labute approximate surface area is 208 Å². The van der Waals surface area contributed by atoms with Gasteiger partial charge in [0.25, 0.3) is 10.2 Å². The third-order valence-electron chi connectivity index (χ3n) is 3.58. The first-order valence-corrected chi connectivity index (χ1v) is 12.2.